The molecule has 0 bridgehead atoms. The Hall–Kier alpha value is -2.17. The van der Waals surface area contributed by atoms with E-state index in [9.17, 15) is 9.18 Å². The van der Waals surface area contributed by atoms with E-state index >= 15 is 0 Å². The van der Waals surface area contributed by atoms with Crippen LogP contribution in [-0.4, -0.2) is 24.7 Å². The van der Waals surface area contributed by atoms with Crippen molar-refractivity contribution in [1.82, 2.24) is 5.43 Å². The highest BCUT2D eigenvalue weighted by Gasteiger charge is 2.30. The zero-order valence-electron chi connectivity index (χ0n) is 10.6. The summed E-state index contributed by atoms with van der Waals surface area (Å²) < 4.78 is 24.3. The van der Waals surface area contributed by atoms with Gasteiger partial charge in [-0.3, -0.25) is 10.2 Å². The maximum absolute atomic E-state index is 13.6. The van der Waals surface area contributed by atoms with Gasteiger partial charge in [-0.25, -0.2) is 10.2 Å². The number of benzene rings is 1. The monoisotopic (exact) mass is 279 g/mol. The van der Waals surface area contributed by atoms with Gasteiger partial charge < -0.3 is 9.47 Å². The highest BCUT2D eigenvalue weighted by Crippen LogP contribution is 2.23. The van der Waals surface area contributed by atoms with Crippen molar-refractivity contribution in [2.45, 2.75) is 25.0 Å². The first-order valence-electron chi connectivity index (χ1n) is 6.12. The van der Waals surface area contributed by atoms with Gasteiger partial charge in [-0.1, -0.05) is 0 Å². The van der Waals surface area contributed by atoms with Crippen LogP contribution in [0.25, 0.3) is 0 Å². The van der Waals surface area contributed by atoms with Crippen molar-refractivity contribution >= 4 is 5.91 Å². The van der Waals surface area contributed by atoms with E-state index in [2.05, 4.69) is 0 Å². The summed E-state index contributed by atoms with van der Waals surface area (Å²) in [5.41, 5.74) is 2.26. The summed E-state index contributed by atoms with van der Waals surface area (Å²) in [5.74, 6) is 4.10. The van der Waals surface area contributed by atoms with Crippen LogP contribution in [0.5, 0.6) is 5.75 Å². The van der Waals surface area contributed by atoms with Crippen LogP contribution in [-0.2, 0) is 9.53 Å². The molecule has 0 aliphatic carbocycles. The van der Waals surface area contributed by atoms with E-state index in [-0.39, 0.29) is 29.9 Å². The number of halogens is 1. The summed E-state index contributed by atoms with van der Waals surface area (Å²) in [6.07, 6.45) is 0.315. The first-order chi connectivity index (χ1) is 9.63. The molecule has 106 valence electrons. The summed E-state index contributed by atoms with van der Waals surface area (Å²) in [6.45, 7) is 0.136. The SMILES string of the molecule is N#Cc1ccc(OCC2CCC(C(=O)NN)O2)c(F)c1. The summed E-state index contributed by atoms with van der Waals surface area (Å²) in [6, 6.07) is 5.81. The van der Waals surface area contributed by atoms with Gasteiger partial charge in [0.15, 0.2) is 11.6 Å². The highest BCUT2D eigenvalue weighted by atomic mass is 19.1. The molecule has 1 heterocycles. The lowest BCUT2D eigenvalue weighted by Crippen LogP contribution is -2.39. The van der Waals surface area contributed by atoms with Crippen LogP contribution in [0, 0.1) is 17.1 Å². The molecule has 1 aliphatic heterocycles. The number of hydrogen-bond acceptors (Lipinski definition) is 5. The first kappa shape index (κ1) is 14.2. The van der Waals surface area contributed by atoms with Gasteiger partial charge in [0.05, 0.1) is 17.7 Å². The fraction of sp³-hybridized carbons (Fsp3) is 0.385. The largest absolute Gasteiger partial charge is 0.488 e. The fourth-order valence-corrected chi connectivity index (χ4v) is 1.98. The number of amides is 1. The molecular weight excluding hydrogens is 265 g/mol. The Bertz CT molecular complexity index is 544. The molecule has 0 spiro atoms. The van der Waals surface area contributed by atoms with Crippen molar-refractivity contribution in [3.05, 3.63) is 29.6 Å². The number of carbonyl (C=O) groups excluding carboxylic acids is 1. The van der Waals surface area contributed by atoms with E-state index < -0.39 is 11.9 Å². The lowest BCUT2D eigenvalue weighted by atomic mass is 10.2. The molecule has 1 saturated heterocycles. The van der Waals surface area contributed by atoms with Crippen LogP contribution in [0.1, 0.15) is 18.4 Å². The van der Waals surface area contributed by atoms with E-state index in [1.165, 1.54) is 12.1 Å². The van der Waals surface area contributed by atoms with Gasteiger partial charge in [0.25, 0.3) is 5.91 Å². The Labute approximate surface area is 115 Å². The number of nitrogens with zero attached hydrogens (tertiary/aromatic N) is 1. The van der Waals surface area contributed by atoms with Crippen LogP contribution in [0.2, 0.25) is 0 Å². The zero-order valence-corrected chi connectivity index (χ0v) is 10.6. The van der Waals surface area contributed by atoms with Crippen molar-refractivity contribution in [2.75, 3.05) is 6.61 Å². The van der Waals surface area contributed by atoms with Gasteiger partial charge in [0.1, 0.15) is 12.7 Å². The third-order valence-electron chi connectivity index (χ3n) is 3.03. The van der Waals surface area contributed by atoms with Crippen LogP contribution in [0.15, 0.2) is 18.2 Å². The Morgan fingerprint density at radius 3 is 3.05 bits per heavy atom. The van der Waals surface area contributed by atoms with Crippen molar-refractivity contribution in [3.8, 4) is 11.8 Å². The smallest absolute Gasteiger partial charge is 0.263 e. The first-order valence-corrected chi connectivity index (χ1v) is 6.12. The molecule has 20 heavy (non-hydrogen) atoms. The molecule has 6 nitrogen and oxygen atoms in total. The predicted molar refractivity (Wildman–Crippen MR) is 66.8 cm³/mol. The van der Waals surface area contributed by atoms with Crippen molar-refractivity contribution in [3.63, 3.8) is 0 Å². The van der Waals surface area contributed by atoms with Gasteiger partial charge in [0.2, 0.25) is 0 Å². The fourth-order valence-electron chi connectivity index (χ4n) is 1.98. The molecule has 1 amide bonds. The summed E-state index contributed by atoms with van der Waals surface area (Å²) in [4.78, 5) is 11.3. The molecule has 1 fully saturated rings. The molecule has 7 heteroatoms. The number of carbonyl (C=O) groups is 1. The minimum atomic E-state index is -0.599. The number of ether oxygens (including phenoxy) is 2. The Kier molecular flexibility index (Phi) is 4.50. The molecule has 3 N–H and O–H groups in total. The minimum Gasteiger partial charge on any atom is -0.488 e. The van der Waals surface area contributed by atoms with Gasteiger partial charge >= 0.3 is 0 Å². The van der Waals surface area contributed by atoms with E-state index in [1.807, 2.05) is 11.5 Å². The van der Waals surface area contributed by atoms with Crippen LogP contribution in [0.3, 0.4) is 0 Å². The number of hydrogen-bond donors (Lipinski definition) is 2. The summed E-state index contributed by atoms with van der Waals surface area (Å²) in [7, 11) is 0. The van der Waals surface area contributed by atoms with Crippen molar-refractivity contribution in [1.29, 1.82) is 5.26 Å². The summed E-state index contributed by atoms with van der Waals surface area (Å²) >= 11 is 0. The third kappa shape index (κ3) is 3.23. The number of nitrogens with two attached hydrogens (primary N) is 1. The molecule has 0 aromatic heterocycles. The average molecular weight is 279 g/mol. The second kappa shape index (κ2) is 6.32. The minimum absolute atomic E-state index is 0.0549. The van der Waals surface area contributed by atoms with Crippen LogP contribution in [0.4, 0.5) is 4.39 Å². The van der Waals surface area contributed by atoms with Crippen molar-refractivity contribution in [2.24, 2.45) is 5.84 Å². The highest BCUT2D eigenvalue weighted by molar-refractivity contribution is 5.80. The second-order valence-electron chi connectivity index (χ2n) is 4.40. The molecule has 1 aliphatic rings. The Morgan fingerprint density at radius 1 is 1.60 bits per heavy atom. The van der Waals surface area contributed by atoms with Crippen LogP contribution < -0.4 is 16.0 Å². The second-order valence-corrected chi connectivity index (χ2v) is 4.40. The van der Waals surface area contributed by atoms with Gasteiger partial charge in [-0.15, -0.1) is 0 Å². The molecule has 0 saturated carbocycles. The molecule has 1 aromatic carbocycles. The van der Waals surface area contributed by atoms with E-state index in [0.29, 0.717) is 12.8 Å². The molecule has 2 atom stereocenters. The van der Waals surface area contributed by atoms with E-state index in [4.69, 9.17) is 20.6 Å². The topological polar surface area (TPSA) is 97.4 Å². The normalized spacial score (nSPS) is 21.2. The average Bonchev–Trinajstić information content (AvgIpc) is 2.94. The van der Waals surface area contributed by atoms with E-state index in [0.717, 1.165) is 6.07 Å². The molecule has 1 aromatic rings. The molecule has 0 radical (unpaired) electrons. The molecule has 2 rings (SSSR count). The summed E-state index contributed by atoms with van der Waals surface area (Å²) in [5, 5.41) is 8.63. The van der Waals surface area contributed by atoms with E-state index in [1.54, 1.807) is 0 Å². The number of rotatable bonds is 4. The number of nitriles is 1. The van der Waals surface area contributed by atoms with Crippen LogP contribution >= 0.6 is 0 Å². The quantitative estimate of drug-likeness (QED) is 0.478. The maximum Gasteiger partial charge on any atom is 0.263 e. The lowest BCUT2D eigenvalue weighted by molar-refractivity contribution is -0.132. The van der Waals surface area contributed by atoms with Gasteiger partial charge in [-0.2, -0.15) is 5.26 Å². The molecular formula is C13H14FN3O3. The van der Waals surface area contributed by atoms with Gasteiger partial charge in [-0.05, 0) is 31.0 Å². The number of hydrazine groups is 1. The van der Waals surface area contributed by atoms with Crippen molar-refractivity contribution < 1.29 is 18.7 Å². The predicted octanol–water partition coefficient (Wildman–Crippen LogP) is 0.614. The number of nitrogens with one attached hydrogen (secondary N) is 1. The Morgan fingerprint density at radius 2 is 2.40 bits per heavy atom. The van der Waals surface area contributed by atoms with Gasteiger partial charge in [0, 0.05) is 0 Å². The third-order valence-corrected chi connectivity index (χ3v) is 3.03. The molecule has 2 unspecified atom stereocenters. The zero-order chi connectivity index (χ0) is 14.5. The maximum atomic E-state index is 13.6. The Balaban J connectivity index is 1.88. The lowest BCUT2D eigenvalue weighted by Gasteiger charge is -2.14. The standard InChI is InChI=1S/C13H14FN3O3/c14-10-5-8(6-15)1-3-11(10)19-7-9-2-4-12(20-9)13(18)17-16/h1,3,5,9,12H,2,4,7,16H2,(H,17,18).